The van der Waals surface area contributed by atoms with E-state index in [0.717, 1.165) is 75.7 Å². The van der Waals surface area contributed by atoms with Gasteiger partial charge in [0.2, 0.25) is 5.91 Å². The van der Waals surface area contributed by atoms with Crippen LogP contribution in [0.3, 0.4) is 0 Å². The van der Waals surface area contributed by atoms with Gasteiger partial charge in [-0.15, -0.1) is 0 Å². The molecule has 6 rings (SSSR count). The second-order valence-corrected chi connectivity index (χ2v) is 11.5. The molecule has 35 heavy (non-hydrogen) atoms. The number of aryl methyl sites for hydroxylation is 1. The maximum Gasteiger partial charge on any atom is 0.253 e. The highest BCUT2D eigenvalue weighted by Gasteiger charge is 2.32. The van der Waals surface area contributed by atoms with E-state index in [1.807, 2.05) is 11.0 Å². The summed E-state index contributed by atoms with van der Waals surface area (Å²) in [6, 6.07) is 6.72. The van der Waals surface area contributed by atoms with Gasteiger partial charge in [0.05, 0.1) is 0 Å². The maximum absolute atomic E-state index is 13.6. The summed E-state index contributed by atoms with van der Waals surface area (Å²) in [5.41, 5.74) is 4.95. The molecule has 3 heterocycles. The molecule has 6 nitrogen and oxygen atoms in total. The Balaban J connectivity index is 1.19. The van der Waals surface area contributed by atoms with Gasteiger partial charge >= 0.3 is 0 Å². The Hall–Kier alpha value is -2.34. The lowest BCUT2D eigenvalue weighted by atomic mass is 9.75. The molecular formula is C29H39N3O3. The van der Waals surface area contributed by atoms with Crippen molar-refractivity contribution in [3.63, 3.8) is 0 Å². The Kier molecular flexibility index (Phi) is 6.34. The summed E-state index contributed by atoms with van der Waals surface area (Å²) in [7, 11) is 2.18. The molecule has 4 aliphatic rings. The van der Waals surface area contributed by atoms with Gasteiger partial charge in [0.15, 0.2) is 0 Å². The lowest BCUT2D eigenvalue weighted by molar-refractivity contribution is -0.122. The smallest absolute Gasteiger partial charge is 0.253 e. The molecule has 1 N–H and O–H groups in total. The standard InChI is InChI=1S/C29H39N3O3/c1-31-26-8-4-21(20-10-13-35-14-11-20)16-24(26)25-17-22(5-9-27(25)31)29(34)32-12-2-3-19(18-32)15-28(33)30-23-6-7-23/h5,9,17,19-21,23H,2-4,6-8,10-16,18H2,1H3,(H,30,33)/t19-,21?/m1/s1. The molecule has 1 aromatic carbocycles. The number of hydrogen-bond donors (Lipinski definition) is 1. The number of rotatable bonds is 5. The lowest BCUT2D eigenvalue weighted by Gasteiger charge is -2.33. The van der Waals surface area contributed by atoms with Crippen LogP contribution in [0.15, 0.2) is 18.2 Å². The summed E-state index contributed by atoms with van der Waals surface area (Å²) < 4.78 is 7.97. The minimum atomic E-state index is 0.119. The van der Waals surface area contributed by atoms with Gasteiger partial charge in [-0.3, -0.25) is 9.59 Å². The molecule has 1 aromatic heterocycles. The summed E-state index contributed by atoms with van der Waals surface area (Å²) in [5.74, 6) is 2.03. The van der Waals surface area contributed by atoms with E-state index in [1.54, 1.807) is 0 Å². The minimum absolute atomic E-state index is 0.119. The van der Waals surface area contributed by atoms with E-state index in [1.165, 1.54) is 41.4 Å². The first-order valence-electron chi connectivity index (χ1n) is 13.8. The van der Waals surface area contributed by atoms with Crippen LogP contribution >= 0.6 is 0 Å². The van der Waals surface area contributed by atoms with Crippen molar-refractivity contribution >= 4 is 22.7 Å². The van der Waals surface area contributed by atoms with Crippen LogP contribution in [0.4, 0.5) is 0 Å². The van der Waals surface area contributed by atoms with Crippen molar-refractivity contribution in [2.24, 2.45) is 24.8 Å². The first-order valence-corrected chi connectivity index (χ1v) is 13.8. The largest absolute Gasteiger partial charge is 0.381 e. The highest BCUT2D eigenvalue weighted by Crippen LogP contribution is 2.39. The van der Waals surface area contributed by atoms with Crippen molar-refractivity contribution in [2.75, 3.05) is 26.3 Å². The van der Waals surface area contributed by atoms with E-state index in [-0.39, 0.29) is 17.7 Å². The predicted molar refractivity (Wildman–Crippen MR) is 136 cm³/mol. The SMILES string of the molecule is Cn1c2c(c3cc(C(=O)N4CCC[C@H](CC(=O)NC5CC5)C4)ccc31)CC(C1CCOCC1)CC2. The van der Waals surface area contributed by atoms with Crippen LogP contribution in [0, 0.1) is 17.8 Å². The molecule has 2 atom stereocenters. The highest BCUT2D eigenvalue weighted by atomic mass is 16.5. The molecule has 2 aliphatic carbocycles. The zero-order valence-corrected chi connectivity index (χ0v) is 21.1. The molecule has 2 amide bonds. The molecule has 0 bridgehead atoms. The number of hydrogen-bond acceptors (Lipinski definition) is 3. The summed E-state index contributed by atoms with van der Waals surface area (Å²) in [6.07, 6.45) is 10.6. The molecule has 6 heteroatoms. The Morgan fingerprint density at radius 3 is 2.69 bits per heavy atom. The van der Waals surface area contributed by atoms with Gasteiger partial charge in [0, 0.05) is 68.0 Å². The number of fused-ring (bicyclic) bond motifs is 3. The van der Waals surface area contributed by atoms with E-state index in [4.69, 9.17) is 4.74 Å². The summed E-state index contributed by atoms with van der Waals surface area (Å²) in [5, 5.41) is 4.37. The number of piperidine rings is 1. The Bertz CT molecular complexity index is 1110. The van der Waals surface area contributed by atoms with Crippen LogP contribution in [0.1, 0.15) is 73.0 Å². The van der Waals surface area contributed by atoms with Crippen LogP contribution < -0.4 is 5.32 Å². The fourth-order valence-electron chi connectivity index (χ4n) is 6.90. The average molecular weight is 478 g/mol. The molecule has 2 aromatic rings. The number of nitrogens with zero attached hydrogens (tertiary/aromatic N) is 2. The molecule has 2 saturated heterocycles. The summed E-state index contributed by atoms with van der Waals surface area (Å²) in [6.45, 7) is 3.28. The second-order valence-electron chi connectivity index (χ2n) is 11.5. The van der Waals surface area contributed by atoms with Crippen molar-refractivity contribution in [1.82, 2.24) is 14.8 Å². The topological polar surface area (TPSA) is 63.6 Å². The van der Waals surface area contributed by atoms with Crippen molar-refractivity contribution in [3.05, 3.63) is 35.0 Å². The van der Waals surface area contributed by atoms with Gasteiger partial charge in [-0.25, -0.2) is 0 Å². The molecule has 188 valence electrons. The number of nitrogens with one attached hydrogen (secondary N) is 1. The van der Waals surface area contributed by atoms with E-state index < -0.39 is 0 Å². The number of amides is 2. The van der Waals surface area contributed by atoms with Crippen molar-refractivity contribution < 1.29 is 14.3 Å². The number of carbonyl (C=O) groups excluding carboxylic acids is 2. The molecule has 0 spiro atoms. The highest BCUT2D eigenvalue weighted by molar-refractivity contribution is 5.99. The van der Waals surface area contributed by atoms with Gasteiger partial charge in [-0.05, 0) is 99.3 Å². The van der Waals surface area contributed by atoms with E-state index in [2.05, 4.69) is 29.1 Å². The Morgan fingerprint density at radius 1 is 1.06 bits per heavy atom. The van der Waals surface area contributed by atoms with E-state index >= 15 is 0 Å². The second kappa shape index (κ2) is 9.61. The molecule has 3 fully saturated rings. The quantitative estimate of drug-likeness (QED) is 0.701. The Labute approximate surface area is 208 Å². The minimum Gasteiger partial charge on any atom is -0.381 e. The molecule has 2 aliphatic heterocycles. The van der Waals surface area contributed by atoms with Crippen LogP contribution in [-0.2, 0) is 29.4 Å². The van der Waals surface area contributed by atoms with Gasteiger partial charge in [0.25, 0.3) is 5.91 Å². The lowest BCUT2D eigenvalue weighted by Crippen LogP contribution is -2.41. The maximum atomic E-state index is 13.6. The van der Waals surface area contributed by atoms with E-state index in [0.29, 0.717) is 19.0 Å². The normalized spacial score (nSPS) is 25.5. The average Bonchev–Trinajstić information content (AvgIpc) is 3.67. The predicted octanol–water partition coefficient (Wildman–Crippen LogP) is 4.23. The number of ether oxygens (including phenoxy) is 1. The van der Waals surface area contributed by atoms with Crippen molar-refractivity contribution in [1.29, 1.82) is 0 Å². The number of carbonyl (C=O) groups is 2. The molecule has 1 saturated carbocycles. The Morgan fingerprint density at radius 2 is 1.89 bits per heavy atom. The monoisotopic (exact) mass is 477 g/mol. The van der Waals surface area contributed by atoms with Crippen molar-refractivity contribution in [3.8, 4) is 0 Å². The van der Waals surface area contributed by atoms with Gasteiger partial charge in [-0.2, -0.15) is 0 Å². The first-order chi connectivity index (χ1) is 17.1. The zero-order chi connectivity index (χ0) is 23.9. The summed E-state index contributed by atoms with van der Waals surface area (Å²) >= 11 is 0. The van der Waals surface area contributed by atoms with E-state index in [9.17, 15) is 9.59 Å². The van der Waals surface area contributed by atoms with Crippen LogP contribution in [0.2, 0.25) is 0 Å². The van der Waals surface area contributed by atoms with Gasteiger partial charge in [-0.1, -0.05) is 0 Å². The summed E-state index contributed by atoms with van der Waals surface area (Å²) in [4.78, 5) is 27.9. The number of benzene rings is 1. The molecular weight excluding hydrogens is 438 g/mol. The van der Waals surface area contributed by atoms with Crippen LogP contribution in [-0.4, -0.2) is 53.6 Å². The number of aromatic nitrogens is 1. The van der Waals surface area contributed by atoms with Gasteiger partial charge in [0.1, 0.15) is 0 Å². The fourth-order valence-corrected chi connectivity index (χ4v) is 6.90. The zero-order valence-electron chi connectivity index (χ0n) is 21.1. The van der Waals surface area contributed by atoms with Crippen LogP contribution in [0.5, 0.6) is 0 Å². The van der Waals surface area contributed by atoms with Crippen molar-refractivity contribution in [2.45, 2.75) is 70.3 Å². The third-order valence-corrected chi connectivity index (χ3v) is 9.06. The van der Waals surface area contributed by atoms with Crippen LogP contribution in [0.25, 0.3) is 10.9 Å². The molecule has 0 radical (unpaired) electrons. The molecule has 1 unspecified atom stereocenters. The third kappa shape index (κ3) is 4.74. The third-order valence-electron chi connectivity index (χ3n) is 9.06. The number of likely N-dealkylation sites (tertiary alicyclic amines) is 1. The van der Waals surface area contributed by atoms with Gasteiger partial charge < -0.3 is 19.5 Å². The first kappa shape index (κ1) is 23.1. The fraction of sp³-hybridized carbons (Fsp3) is 0.655.